The number of fused-ring (bicyclic) bond motifs is 1. The molecule has 0 unspecified atom stereocenters. The summed E-state index contributed by atoms with van der Waals surface area (Å²) in [6, 6.07) is 19.1. The van der Waals surface area contributed by atoms with Crippen molar-refractivity contribution in [2.45, 2.75) is 32.7 Å². The first-order valence-corrected chi connectivity index (χ1v) is 10.7. The lowest BCUT2D eigenvalue weighted by atomic mass is 9.91. The summed E-state index contributed by atoms with van der Waals surface area (Å²) in [6.45, 7) is 3.83. The lowest BCUT2D eigenvalue weighted by Crippen LogP contribution is -2.25. The lowest BCUT2D eigenvalue weighted by molar-refractivity contribution is -0.133. The van der Waals surface area contributed by atoms with Crippen molar-refractivity contribution < 1.29 is 9.21 Å². The summed E-state index contributed by atoms with van der Waals surface area (Å²) in [6.07, 6.45) is 2.30. The summed E-state index contributed by atoms with van der Waals surface area (Å²) >= 11 is 0. The van der Waals surface area contributed by atoms with Crippen LogP contribution in [0, 0.1) is 6.92 Å². The third-order valence-corrected chi connectivity index (χ3v) is 5.86. The zero-order valence-corrected chi connectivity index (χ0v) is 18.0. The predicted octanol–water partition coefficient (Wildman–Crippen LogP) is 5.18. The maximum atomic E-state index is 13.4. The van der Waals surface area contributed by atoms with Gasteiger partial charge in [0.25, 0.3) is 5.56 Å². The predicted molar refractivity (Wildman–Crippen MR) is 124 cm³/mol. The normalized spacial score (nSPS) is 15.9. The molecule has 0 radical (unpaired) electrons. The van der Waals surface area contributed by atoms with Gasteiger partial charge in [0.15, 0.2) is 0 Å². The number of carbonyl (C=O) groups is 1. The van der Waals surface area contributed by atoms with Gasteiger partial charge in [-0.15, -0.1) is 0 Å². The molecule has 1 atom stereocenters. The van der Waals surface area contributed by atoms with Crippen LogP contribution in [0.25, 0.3) is 22.0 Å². The van der Waals surface area contributed by atoms with Crippen LogP contribution in [0.4, 0.5) is 0 Å². The van der Waals surface area contributed by atoms with E-state index >= 15 is 0 Å². The number of nitrogens with zero attached hydrogens (tertiary/aromatic N) is 2. The van der Waals surface area contributed by atoms with Crippen molar-refractivity contribution in [3.63, 3.8) is 0 Å². The van der Waals surface area contributed by atoms with Crippen LogP contribution in [0.2, 0.25) is 0 Å². The molecule has 160 valence electrons. The molecule has 0 saturated carbocycles. The second-order valence-corrected chi connectivity index (χ2v) is 7.99. The molecule has 4 aromatic rings. The van der Waals surface area contributed by atoms with E-state index in [2.05, 4.69) is 16.2 Å². The van der Waals surface area contributed by atoms with Crippen LogP contribution in [-0.4, -0.2) is 21.6 Å². The molecule has 1 amide bonds. The number of aryl methyl sites for hydroxylation is 1. The van der Waals surface area contributed by atoms with Gasteiger partial charge in [0.05, 0.1) is 17.5 Å². The molecule has 2 aromatic heterocycles. The third kappa shape index (κ3) is 3.34. The van der Waals surface area contributed by atoms with E-state index in [1.165, 1.54) is 5.01 Å². The quantitative estimate of drug-likeness (QED) is 0.489. The average Bonchev–Trinajstić information content (AvgIpc) is 3.48. The van der Waals surface area contributed by atoms with Crippen LogP contribution in [0.3, 0.4) is 0 Å². The van der Waals surface area contributed by atoms with Crippen LogP contribution < -0.4 is 5.56 Å². The van der Waals surface area contributed by atoms with Crippen molar-refractivity contribution in [2.75, 3.05) is 0 Å². The number of carbonyl (C=O) groups excluding carboxylic acids is 1. The highest BCUT2D eigenvalue weighted by molar-refractivity contribution is 6.12. The largest absolute Gasteiger partial charge is 0.467 e. The molecule has 0 bridgehead atoms. The van der Waals surface area contributed by atoms with Crippen molar-refractivity contribution >= 4 is 22.5 Å². The van der Waals surface area contributed by atoms with E-state index in [4.69, 9.17) is 4.42 Å². The number of nitrogens with one attached hydrogen (secondary N) is 1. The minimum absolute atomic E-state index is 0.115. The molecule has 1 aliphatic rings. The molecular formula is C26H23N3O3. The lowest BCUT2D eigenvalue weighted by Gasteiger charge is -2.18. The minimum atomic E-state index is -0.372. The van der Waals surface area contributed by atoms with Crippen molar-refractivity contribution in [1.82, 2.24) is 9.99 Å². The number of H-pyrrole nitrogens is 1. The Balaban J connectivity index is 1.76. The van der Waals surface area contributed by atoms with Crippen molar-refractivity contribution in [3.05, 3.63) is 94.2 Å². The van der Waals surface area contributed by atoms with Gasteiger partial charge in [-0.3, -0.25) is 9.59 Å². The van der Waals surface area contributed by atoms with Crippen molar-refractivity contribution in [3.8, 4) is 11.1 Å². The van der Waals surface area contributed by atoms with Gasteiger partial charge in [0.2, 0.25) is 5.91 Å². The molecule has 5 rings (SSSR count). The number of rotatable bonds is 4. The van der Waals surface area contributed by atoms with E-state index in [1.54, 1.807) is 19.3 Å². The average molecular weight is 425 g/mol. The highest BCUT2D eigenvalue weighted by atomic mass is 16.3. The molecule has 0 aliphatic carbocycles. The van der Waals surface area contributed by atoms with Gasteiger partial charge in [-0.2, -0.15) is 5.10 Å². The molecule has 1 aliphatic heterocycles. The van der Waals surface area contributed by atoms with Crippen molar-refractivity contribution in [1.29, 1.82) is 0 Å². The molecule has 3 heterocycles. The van der Waals surface area contributed by atoms with E-state index in [-0.39, 0.29) is 17.5 Å². The summed E-state index contributed by atoms with van der Waals surface area (Å²) in [7, 11) is 0. The Morgan fingerprint density at radius 1 is 1.12 bits per heavy atom. The molecule has 0 saturated heterocycles. The number of pyridine rings is 1. The van der Waals surface area contributed by atoms with Gasteiger partial charge in [0.1, 0.15) is 11.8 Å². The monoisotopic (exact) mass is 425 g/mol. The Hall–Kier alpha value is -3.93. The number of aromatic nitrogens is 1. The zero-order chi connectivity index (χ0) is 22.2. The van der Waals surface area contributed by atoms with E-state index < -0.39 is 0 Å². The number of hydrogen-bond donors (Lipinski definition) is 1. The third-order valence-electron chi connectivity index (χ3n) is 5.86. The first-order chi connectivity index (χ1) is 15.6. The van der Waals surface area contributed by atoms with Gasteiger partial charge < -0.3 is 9.40 Å². The Morgan fingerprint density at radius 3 is 2.66 bits per heavy atom. The highest BCUT2D eigenvalue weighted by Crippen LogP contribution is 2.37. The Morgan fingerprint density at radius 2 is 1.94 bits per heavy atom. The molecule has 6 heteroatoms. The molecule has 1 N–H and O–H groups in total. The fourth-order valence-corrected chi connectivity index (χ4v) is 4.34. The standard InChI is InChI=1S/C26H23N3O3/c1-3-23(30)29-21(22-10-7-13-32-22)15-20(28-29)25-24(17-8-5-4-6-9-17)18-14-16(2)11-12-19(18)27-26(25)31/h4-14,21H,3,15H2,1-2H3,(H,27,31)/t21-/m0/s1. The van der Waals surface area contributed by atoms with Crippen molar-refractivity contribution in [2.24, 2.45) is 5.10 Å². The summed E-state index contributed by atoms with van der Waals surface area (Å²) in [5, 5.41) is 7.07. The fraction of sp³-hybridized carbons (Fsp3) is 0.192. The summed E-state index contributed by atoms with van der Waals surface area (Å²) in [5.74, 6) is 0.538. The van der Waals surface area contributed by atoms with Gasteiger partial charge in [-0.1, -0.05) is 48.9 Å². The highest BCUT2D eigenvalue weighted by Gasteiger charge is 2.36. The molecule has 0 spiro atoms. The molecule has 6 nitrogen and oxygen atoms in total. The SMILES string of the molecule is CCC(=O)N1N=C(c2c(-c3ccccc3)c3cc(C)ccc3[nH]c2=O)C[C@H]1c1ccco1. The Kier molecular flexibility index (Phi) is 4.98. The molecule has 32 heavy (non-hydrogen) atoms. The number of furan rings is 1. The Bertz CT molecular complexity index is 1390. The summed E-state index contributed by atoms with van der Waals surface area (Å²) in [4.78, 5) is 29.1. The summed E-state index contributed by atoms with van der Waals surface area (Å²) < 4.78 is 5.60. The van der Waals surface area contributed by atoms with E-state index in [0.717, 1.165) is 27.6 Å². The van der Waals surface area contributed by atoms with E-state index in [1.807, 2.05) is 55.5 Å². The minimum Gasteiger partial charge on any atom is -0.467 e. The number of benzene rings is 2. The van der Waals surface area contributed by atoms with Crippen LogP contribution in [0.1, 0.15) is 42.7 Å². The van der Waals surface area contributed by atoms with E-state index in [0.29, 0.717) is 29.9 Å². The summed E-state index contributed by atoms with van der Waals surface area (Å²) in [5.41, 5.74) is 4.48. The number of amides is 1. The van der Waals surface area contributed by atoms with Gasteiger partial charge in [0, 0.05) is 29.3 Å². The maximum Gasteiger partial charge on any atom is 0.258 e. The van der Waals surface area contributed by atoms with Crippen LogP contribution in [0.5, 0.6) is 0 Å². The van der Waals surface area contributed by atoms with E-state index in [9.17, 15) is 9.59 Å². The van der Waals surface area contributed by atoms with Crippen LogP contribution in [0.15, 0.2) is 81.2 Å². The molecule has 0 fully saturated rings. The van der Waals surface area contributed by atoms with Gasteiger partial charge in [-0.25, -0.2) is 5.01 Å². The second-order valence-electron chi connectivity index (χ2n) is 7.99. The first kappa shape index (κ1) is 20.0. The topological polar surface area (TPSA) is 78.7 Å². The zero-order valence-electron chi connectivity index (χ0n) is 18.0. The maximum absolute atomic E-state index is 13.4. The van der Waals surface area contributed by atoms with Gasteiger partial charge >= 0.3 is 0 Å². The molecule has 2 aromatic carbocycles. The second kappa shape index (κ2) is 7.96. The van der Waals surface area contributed by atoms with Gasteiger partial charge in [-0.05, 0) is 36.8 Å². The molecular weight excluding hydrogens is 402 g/mol. The first-order valence-electron chi connectivity index (χ1n) is 10.7. The smallest absolute Gasteiger partial charge is 0.258 e. The number of aromatic amines is 1. The van der Waals surface area contributed by atoms with Crippen LogP contribution in [-0.2, 0) is 4.79 Å². The number of hydrazone groups is 1. The Labute approximate surface area is 185 Å². The number of hydrogen-bond acceptors (Lipinski definition) is 4. The fourth-order valence-electron chi connectivity index (χ4n) is 4.34. The van der Waals surface area contributed by atoms with Crippen LogP contribution >= 0.6 is 0 Å².